The Labute approximate surface area is 164 Å². The van der Waals surface area contributed by atoms with Gasteiger partial charge in [0.2, 0.25) is 5.91 Å². The molecule has 1 spiro atoms. The molecule has 3 fully saturated rings. The molecule has 0 N–H and O–H groups in total. The number of carbonyl (C=O) groups is 2. The Bertz CT molecular complexity index is 644. The summed E-state index contributed by atoms with van der Waals surface area (Å²) < 4.78 is 17.7. The summed E-state index contributed by atoms with van der Waals surface area (Å²) in [6.07, 6.45) is 1.89. The van der Waals surface area contributed by atoms with Gasteiger partial charge in [-0.25, -0.2) is 0 Å². The number of hydrogen-bond acceptors (Lipinski definition) is 6. The van der Waals surface area contributed by atoms with E-state index in [0.29, 0.717) is 19.4 Å². The summed E-state index contributed by atoms with van der Waals surface area (Å²) in [4.78, 5) is 24.5. The van der Waals surface area contributed by atoms with Gasteiger partial charge in [-0.3, -0.25) is 9.69 Å². The summed E-state index contributed by atoms with van der Waals surface area (Å²) in [6.45, 7) is 6.68. The zero-order valence-electron chi connectivity index (χ0n) is 16.2. The SMILES string of the molecule is COC1C(N(C(=O)[O-])C(=O)CCl)CCC2(CO2)C1C1(C)OC1CC=C(C)C. The van der Waals surface area contributed by atoms with Gasteiger partial charge in [0, 0.05) is 13.0 Å². The Hall–Kier alpha value is -1.15. The lowest BCUT2D eigenvalue weighted by molar-refractivity contribution is -0.269. The van der Waals surface area contributed by atoms with Crippen LogP contribution >= 0.6 is 11.6 Å². The molecule has 2 aliphatic heterocycles. The summed E-state index contributed by atoms with van der Waals surface area (Å²) in [7, 11) is 1.53. The lowest BCUT2D eigenvalue weighted by Crippen LogP contribution is -2.63. The van der Waals surface area contributed by atoms with Crippen molar-refractivity contribution in [1.82, 2.24) is 4.90 Å². The second kappa shape index (κ2) is 7.35. The number of nitrogens with zero attached hydrogens (tertiary/aromatic N) is 1. The minimum absolute atomic E-state index is 0.00927. The molecule has 1 aliphatic carbocycles. The third kappa shape index (κ3) is 3.62. The highest BCUT2D eigenvalue weighted by Gasteiger charge is 2.72. The maximum Gasteiger partial charge on any atom is 0.243 e. The number of amides is 2. The summed E-state index contributed by atoms with van der Waals surface area (Å²) in [5, 5.41) is 11.7. The van der Waals surface area contributed by atoms with E-state index in [0.717, 1.165) is 11.3 Å². The first-order chi connectivity index (χ1) is 12.7. The van der Waals surface area contributed by atoms with Crippen molar-refractivity contribution in [3.05, 3.63) is 11.6 Å². The molecule has 2 saturated heterocycles. The van der Waals surface area contributed by atoms with Gasteiger partial charge >= 0.3 is 0 Å². The van der Waals surface area contributed by atoms with Crippen molar-refractivity contribution in [3.63, 3.8) is 0 Å². The molecule has 152 valence electrons. The number of hydrogen-bond donors (Lipinski definition) is 0. The number of methoxy groups -OCH3 is 1. The molecular formula is C19H27ClNO6-. The van der Waals surface area contributed by atoms with Gasteiger partial charge in [0.25, 0.3) is 0 Å². The van der Waals surface area contributed by atoms with Crippen LogP contribution in [0.1, 0.15) is 40.0 Å². The molecule has 0 aromatic carbocycles. The van der Waals surface area contributed by atoms with E-state index in [1.54, 1.807) is 0 Å². The van der Waals surface area contributed by atoms with E-state index < -0.39 is 35.6 Å². The van der Waals surface area contributed by atoms with E-state index >= 15 is 0 Å². The second-order valence-electron chi connectivity index (χ2n) is 8.11. The van der Waals surface area contributed by atoms with Crippen LogP contribution in [0.15, 0.2) is 11.6 Å². The topological polar surface area (TPSA) is 94.7 Å². The molecule has 2 heterocycles. The van der Waals surface area contributed by atoms with Crippen LogP contribution in [-0.4, -0.2) is 65.9 Å². The third-order valence-corrected chi connectivity index (χ3v) is 6.40. The number of imide groups is 1. The van der Waals surface area contributed by atoms with Crippen molar-refractivity contribution < 1.29 is 28.9 Å². The fourth-order valence-corrected chi connectivity index (χ4v) is 4.85. The number of allylic oxidation sites excluding steroid dienone is 1. The molecule has 8 heteroatoms. The van der Waals surface area contributed by atoms with Crippen molar-refractivity contribution in [1.29, 1.82) is 0 Å². The Balaban J connectivity index is 1.88. The molecule has 1 saturated carbocycles. The highest BCUT2D eigenvalue weighted by molar-refractivity contribution is 6.28. The first-order valence-corrected chi connectivity index (χ1v) is 9.80. The van der Waals surface area contributed by atoms with E-state index in [1.807, 2.05) is 20.8 Å². The van der Waals surface area contributed by atoms with E-state index in [1.165, 1.54) is 12.7 Å². The van der Waals surface area contributed by atoms with Crippen LogP contribution in [0.5, 0.6) is 0 Å². The number of ether oxygens (including phenoxy) is 3. The van der Waals surface area contributed by atoms with Crippen LogP contribution < -0.4 is 5.11 Å². The molecule has 3 rings (SSSR count). The highest BCUT2D eigenvalue weighted by Crippen LogP contribution is 2.59. The maximum absolute atomic E-state index is 12.2. The van der Waals surface area contributed by atoms with Crippen LogP contribution in [0.2, 0.25) is 0 Å². The van der Waals surface area contributed by atoms with Crippen LogP contribution in [-0.2, 0) is 19.0 Å². The number of rotatable bonds is 6. The van der Waals surface area contributed by atoms with Crippen LogP contribution in [0.4, 0.5) is 4.79 Å². The monoisotopic (exact) mass is 400 g/mol. The predicted molar refractivity (Wildman–Crippen MR) is 96.3 cm³/mol. The Morgan fingerprint density at radius 1 is 1.41 bits per heavy atom. The molecule has 0 radical (unpaired) electrons. The van der Waals surface area contributed by atoms with Gasteiger partial charge in [-0.05, 0) is 40.0 Å². The average Bonchev–Trinajstić information content (AvgIpc) is 3.52. The minimum Gasteiger partial charge on any atom is -0.530 e. The largest absolute Gasteiger partial charge is 0.530 e. The Kier molecular flexibility index (Phi) is 5.60. The van der Waals surface area contributed by atoms with Crippen molar-refractivity contribution in [2.75, 3.05) is 19.6 Å². The lowest BCUT2D eigenvalue weighted by Gasteiger charge is -2.47. The van der Waals surface area contributed by atoms with Crippen molar-refractivity contribution in [2.45, 2.75) is 69.5 Å². The van der Waals surface area contributed by atoms with Gasteiger partial charge in [-0.2, -0.15) is 0 Å². The molecule has 0 bridgehead atoms. The fraction of sp³-hybridized carbons (Fsp3) is 0.789. The van der Waals surface area contributed by atoms with Crippen molar-refractivity contribution >= 4 is 23.6 Å². The number of carbonyl (C=O) groups excluding carboxylic acids is 2. The molecule has 6 atom stereocenters. The highest BCUT2D eigenvalue weighted by atomic mass is 35.5. The molecule has 0 aromatic rings. The molecule has 27 heavy (non-hydrogen) atoms. The van der Waals surface area contributed by atoms with Crippen molar-refractivity contribution in [2.24, 2.45) is 5.92 Å². The van der Waals surface area contributed by atoms with Crippen molar-refractivity contribution in [3.8, 4) is 0 Å². The molecule has 7 nitrogen and oxygen atoms in total. The smallest absolute Gasteiger partial charge is 0.243 e. The number of epoxide rings is 2. The van der Waals surface area contributed by atoms with Crippen LogP contribution in [0.3, 0.4) is 0 Å². The van der Waals surface area contributed by atoms with Gasteiger partial charge in [0.05, 0.1) is 30.5 Å². The van der Waals surface area contributed by atoms with Crippen LogP contribution in [0.25, 0.3) is 0 Å². The quantitative estimate of drug-likeness (QED) is 0.380. The Morgan fingerprint density at radius 3 is 2.56 bits per heavy atom. The number of carboxylic acid groups (broad SMARTS) is 1. The normalized spacial score (nSPS) is 39.7. The number of halogens is 1. The first-order valence-electron chi connectivity index (χ1n) is 9.27. The maximum atomic E-state index is 12.2. The molecular weight excluding hydrogens is 374 g/mol. The van der Waals surface area contributed by atoms with Gasteiger partial charge < -0.3 is 24.1 Å². The zero-order valence-corrected chi connectivity index (χ0v) is 17.0. The molecule has 0 aromatic heterocycles. The Morgan fingerprint density at radius 2 is 2.07 bits per heavy atom. The zero-order chi connectivity index (χ0) is 20.0. The lowest BCUT2D eigenvalue weighted by atomic mass is 9.67. The van der Waals surface area contributed by atoms with E-state index in [4.69, 9.17) is 25.8 Å². The van der Waals surface area contributed by atoms with Crippen LogP contribution in [0, 0.1) is 5.92 Å². The average molecular weight is 401 g/mol. The fourth-order valence-electron chi connectivity index (χ4n) is 4.73. The van der Waals surface area contributed by atoms with E-state index in [-0.39, 0.29) is 17.6 Å². The molecule has 3 aliphatic rings. The van der Waals surface area contributed by atoms with Gasteiger partial charge in [0.1, 0.15) is 17.6 Å². The van der Waals surface area contributed by atoms with Gasteiger partial charge in [-0.15, -0.1) is 11.6 Å². The molecule has 2 amide bonds. The van der Waals surface area contributed by atoms with E-state index in [2.05, 4.69) is 6.08 Å². The summed E-state index contributed by atoms with van der Waals surface area (Å²) in [5.41, 5.74) is 0.335. The predicted octanol–water partition coefficient (Wildman–Crippen LogP) is 1.47. The minimum atomic E-state index is -1.55. The third-order valence-electron chi connectivity index (χ3n) is 6.17. The number of alkyl halides is 1. The second-order valence-corrected chi connectivity index (χ2v) is 8.38. The van der Waals surface area contributed by atoms with Gasteiger partial charge in [0.15, 0.2) is 0 Å². The van der Waals surface area contributed by atoms with E-state index in [9.17, 15) is 14.7 Å². The van der Waals surface area contributed by atoms with Gasteiger partial charge in [-0.1, -0.05) is 11.6 Å². The standard InChI is InChI=1S/C19H28ClNO6/c1-11(2)5-6-13-18(3,27-13)16-15(25-4)12(7-8-19(16)10-26-19)21(17(23)24)14(22)9-20/h5,12-13,15-16H,6-10H2,1-4H3,(H,23,24)/p-1. The summed E-state index contributed by atoms with van der Waals surface area (Å²) in [5.74, 6) is -1.31. The summed E-state index contributed by atoms with van der Waals surface area (Å²) in [6, 6.07) is -0.670. The summed E-state index contributed by atoms with van der Waals surface area (Å²) >= 11 is 5.62. The molecule has 6 unspecified atom stereocenters. The first kappa shape index (κ1) is 20.6.